The lowest BCUT2D eigenvalue weighted by Crippen LogP contribution is -2.37. The molecule has 1 aromatic heterocycles. The van der Waals surface area contributed by atoms with E-state index in [2.05, 4.69) is 53.1 Å². The summed E-state index contributed by atoms with van der Waals surface area (Å²) in [7, 11) is 0. The summed E-state index contributed by atoms with van der Waals surface area (Å²) < 4.78 is 8.25. The summed E-state index contributed by atoms with van der Waals surface area (Å²) in [5, 5.41) is 3.69. The molecule has 21 heavy (non-hydrogen) atoms. The number of nitrogens with one attached hydrogen (secondary N) is 1. The average molecular weight is 285 g/mol. The van der Waals surface area contributed by atoms with Gasteiger partial charge in [-0.15, -0.1) is 0 Å². The predicted octanol–water partition coefficient (Wildman–Crippen LogP) is 3.12. The number of ether oxygens (including phenoxy) is 1. The lowest BCUT2D eigenvalue weighted by molar-refractivity contribution is 0.177. The van der Waals surface area contributed by atoms with Crippen molar-refractivity contribution in [1.82, 2.24) is 14.9 Å². The second kappa shape index (κ2) is 6.31. The third-order valence-electron chi connectivity index (χ3n) is 4.09. The monoisotopic (exact) mass is 285 g/mol. The summed E-state index contributed by atoms with van der Waals surface area (Å²) in [5.74, 6) is 2.12. The molecule has 0 saturated heterocycles. The third-order valence-corrected chi connectivity index (χ3v) is 4.09. The van der Waals surface area contributed by atoms with E-state index in [-0.39, 0.29) is 12.1 Å². The van der Waals surface area contributed by atoms with Crippen LogP contribution in [0.25, 0.3) is 0 Å². The second-order valence-electron chi connectivity index (χ2n) is 5.45. The largest absolute Gasteiger partial charge is 0.491 e. The molecule has 0 bridgehead atoms. The third kappa shape index (κ3) is 2.68. The van der Waals surface area contributed by atoms with Gasteiger partial charge in [0.05, 0.1) is 12.1 Å². The number of para-hydroxylation sites is 1. The van der Waals surface area contributed by atoms with Crippen LogP contribution in [0.2, 0.25) is 0 Å². The minimum atomic E-state index is 0.254. The van der Waals surface area contributed by atoms with E-state index in [0.717, 1.165) is 31.0 Å². The minimum absolute atomic E-state index is 0.254. The highest BCUT2D eigenvalue weighted by Gasteiger charge is 2.32. The van der Waals surface area contributed by atoms with Crippen LogP contribution in [-0.2, 0) is 6.42 Å². The summed E-state index contributed by atoms with van der Waals surface area (Å²) in [6, 6.07) is 8.86. The van der Waals surface area contributed by atoms with E-state index in [9.17, 15) is 0 Å². The van der Waals surface area contributed by atoms with Crippen molar-refractivity contribution in [3.8, 4) is 5.75 Å². The maximum Gasteiger partial charge on any atom is 0.124 e. The number of hydrogen-bond donors (Lipinski definition) is 1. The molecule has 1 N–H and O–H groups in total. The molecular formula is C17H23N3O. The molecule has 0 spiro atoms. The summed E-state index contributed by atoms with van der Waals surface area (Å²) >= 11 is 0. The van der Waals surface area contributed by atoms with Crippen molar-refractivity contribution in [2.24, 2.45) is 0 Å². The Labute approximate surface area is 126 Å². The lowest BCUT2D eigenvalue weighted by Gasteiger charge is -2.35. The SMILES string of the molecule is CCCNC1c2ccccc2OCC1n1ccnc1CC. The Bertz CT molecular complexity index is 593. The number of benzene rings is 1. The molecule has 1 aliphatic rings. The fourth-order valence-corrected chi connectivity index (χ4v) is 3.05. The smallest absolute Gasteiger partial charge is 0.124 e. The number of aryl methyl sites for hydroxylation is 1. The van der Waals surface area contributed by atoms with Crippen LogP contribution < -0.4 is 10.1 Å². The second-order valence-corrected chi connectivity index (χ2v) is 5.45. The highest BCUT2D eigenvalue weighted by Crippen LogP contribution is 2.38. The van der Waals surface area contributed by atoms with Crippen molar-refractivity contribution in [1.29, 1.82) is 0 Å². The maximum atomic E-state index is 5.98. The van der Waals surface area contributed by atoms with Crippen molar-refractivity contribution in [2.75, 3.05) is 13.2 Å². The van der Waals surface area contributed by atoms with Crippen LogP contribution in [0.1, 0.15) is 43.7 Å². The van der Waals surface area contributed by atoms with Crippen LogP contribution in [0.3, 0.4) is 0 Å². The number of fused-ring (bicyclic) bond motifs is 1. The van der Waals surface area contributed by atoms with Gasteiger partial charge in [-0.25, -0.2) is 4.98 Å². The van der Waals surface area contributed by atoms with Crippen molar-refractivity contribution in [3.63, 3.8) is 0 Å². The maximum absolute atomic E-state index is 5.98. The molecule has 2 aromatic rings. The zero-order valence-corrected chi connectivity index (χ0v) is 12.7. The summed E-state index contributed by atoms with van der Waals surface area (Å²) in [6.07, 6.45) is 6.01. The number of imidazole rings is 1. The van der Waals surface area contributed by atoms with Gasteiger partial charge >= 0.3 is 0 Å². The molecule has 0 saturated carbocycles. The Morgan fingerprint density at radius 1 is 1.33 bits per heavy atom. The van der Waals surface area contributed by atoms with Crippen molar-refractivity contribution in [3.05, 3.63) is 48.0 Å². The molecule has 0 radical (unpaired) electrons. The Kier molecular flexibility index (Phi) is 4.25. The molecule has 4 heteroatoms. The number of rotatable bonds is 5. The number of nitrogens with zero attached hydrogens (tertiary/aromatic N) is 2. The molecule has 2 atom stereocenters. The Morgan fingerprint density at radius 2 is 2.19 bits per heavy atom. The van der Waals surface area contributed by atoms with Gasteiger partial charge < -0.3 is 14.6 Å². The van der Waals surface area contributed by atoms with Crippen molar-refractivity contribution in [2.45, 2.75) is 38.8 Å². The van der Waals surface area contributed by atoms with E-state index in [0.29, 0.717) is 6.61 Å². The van der Waals surface area contributed by atoms with Gasteiger partial charge in [-0.1, -0.05) is 32.0 Å². The Morgan fingerprint density at radius 3 is 3.00 bits per heavy atom. The zero-order chi connectivity index (χ0) is 14.7. The van der Waals surface area contributed by atoms with Gasteiger partial charge in [-0.05, 0) is 19.0 Å². The van der Waals surface area contributed by atoms with Gasteiger partial charge in [0, 0.05) is 24.4 Å². The molecular weight excluding hydrogens is 262 g/mol. The van der Waals surface area contributed by atoms with Crippen molar-refractivity contribution >= 4 is 0 Å². The summed E-state index contributed by atoms with van der Waals surface area (Å²) in [4.78, 5) is 4.46. The van der Waals surface area contributed by atoms with Gasteiger partial charge in [0.2, 0.25) is 0 Å². The fraction of sp³-hybridized carbons (Fsp3) is 0.471. The highest BCUT2D eigenvalue weighted by atomic mass is 16.5. The van der Waals surface area contributed by atoms with Gasteiger partial charge in [0.25, 0.3) is 0 Å². The molecule has 0 amide bonds. The Balaban J connectivity index is 1.96. The van der Waals surface area contributed by atoms with Crippen molar-refractivity contribution < 1.29 is 4.74 Å². The highest BCUT2D eigenvalue weighted by molar-refractivity contribution is 5.38. The normalized spacial score (nSPS) is 20.9. The molecule has 3 rings (SSSR count). The first-order valence-corrected chi connectivity index (χ1v) is 7.82. The predicted molar refractivity (Wildman–Crippen MR) is 83.6 cm³/mol. The molecule has 0 fully saturated rings. The minimum Gasteiger partial charge on any atom is -0.491 e. The number of aromatic nitrogens is 2. The van der Waals surface area contributed by atoms with Crippen LogP contribution in [-0.4, -0.2) is 22.7 Å². The number of hydrogen-bond acceptors (Lipinski definition) is 3. The molecule has 112 valence electrons. The average Bonchev–Trinajstić information content (AvgIpc) is 3.00. The first kappa shape index (κ1) is 14.1. The molecule has 1 aromatic carbocycles. The zero-order valence-electron chi connectivity index (χ0n) is 12.7. The standard InChI is InChI=1S/C17H23N3O/c1-3-9-19-17-13-7-5-6-8-15(13)21-12-14(17)20-11-10-18-16(20)4-2/h5-8,10-11,14,17,19H,3-4,9,12H2,1-2H3. The molecule has 0 aliphatic carbocycles. The van der Waals surface area contributed by atoms with E-state index < -0.39 is 0 Å². The van der Waals surface area contributed by atoms with Crippen LogP contribution >= 0.6 is 0 Å². The van der Waals surface area contributed by atoms with Gasteiger partial charge in [-0.2, -0.15) is 0 Å². The van der Waals surface area contributed by atoms with Gasteiger partial charge in [-0.3, -0.25) is 0 Å². The quantitative estimate of drug-likeness (QED) is 0.917. The molecule has 1 aliphatic heterocycles. The summed E-state index contributed by atoms with van der Waals surface area (Å²) in [5.41, 5.74) is 1.25. The first-order chi connectivity index (χ1) is 10.3. The van der Waals surface area contributed by atoms with Gasteiger partial charge in [0.15, 0.2) is 0 Å². The van der Waals surface area contributed by atoms with Crippen LogP contribution in [0.4, 0.5) is 0 Å². The topological polar surface area (TPSA) is 39.1 Å². The molecule has 2 heterocycles. The van der Waals surface area contributed by atoms with E-state index in [1.165, 1.54) is 5.56 Å². The van der Waals surface area contributed by atoms with E-state index in [4.69, 9.17) is 4.74 Å². The van der Waals surface area contributed by atoms with Crippen LogP contribution in [0.15, 0.2) is 36.7 Å². The Hall–Kier alpha value is -1.81. The van der Waals surface area contributed by atoms with Crippen LogP contribution in [0, 0.1) is 0 Å². The lowest BCUT2D eigenvalue weighted by atomic mass is 9.95. The molecule has 2 unspecified atom stereocenters. The van der Waals surface area contributed by atoms with E-state index in [1.54, 1.807) is 0 Å². The first-order valence-electron chi connectivity index (χ1n) is 7.82. The van der Waals surface area contributed by atoms with Crippen LogP contribution in [0.5, 0.6) is 5.75 Å². The fourth-order valence-electron chi connectivity index (χ4n) is 3.05. The summed E-state index contributed by atoms with van der Waals surface area (Å²) in [6.45, 7) is 6.03. The van der Waals surface area contributed by atoms with E-state index in [1.807, 2.05) is 12.3 Å². The molecule has 4 nitrogen and oxygen atoms in total. The van der Waals surface area contributed by atoms with E-state index >= 15 is 0 Å². The van der Waals surface area contributed by atoms with Gasteiger partial charge in [0.1, 0.15) is 18.2 Å².